The zero-order valence-electron chi connectivity index (χ0n) is 13.1. The van der Waals surface area contributed by atoms with E-state index in [1.165, 1.54) is 0 Å². The van der Waals surface area contributed by atoms with Gasteiger partial charge in [0, 0.05) is 24.4 Å². The second-order valence-corrected chi connectivity index (χ2v) is 6.39. The van der Waals surface area contributed by atoms with E-state index in [0.29, 0.717) is 13.0 Å². The normalized spacial score (nSPS) is 15.1. The zero-order chi connectivity index (χ0) is 16.5. The van der Waals surface area contributed by atoms with Crippen LogP contribution in [0.15, 0.2) is 41.8 Å². The fourth-order valence-electron chi connectivity index (χ4n) is 2.64. The van der Waals surface area contributed by atoms with E-state index in [-0.39, 0.29) is 0 Å². The molecule has 0 fully saturated rings. The van der Waals surface area contributed by atoms with Gasteiger partial charge in [0.05, 0.1) is 28.6 Å². The molecule has 4 heterocycles. The van der Waals surface area contributed by atoms with Gasteiger partial charge in [0.2, 0.25) is 0 Å². The summed E-state index contributed by atoms with van der Waals surface area (Å²) in [4.78, 5) is 14.6. The number of hydrogen-bond donors (Lipinski definition) is 1. The van der Waals surface area contributed by atoms with Gasteiger partial charge in [-0.2, -0.15) is 5.10 Å². The summed E-state index contributed by atoms with van der Waals surface area (Å²) in [5.74, 6) is 6.22. The maximum absolute atomic E-state index is 5.63. The molecule has 2 N–H and O–H groups in total. The Morgan fingerprint density at radius 2 is 2.17 bits per heavy atom. The lowest BCUT2D eigenvalue weighted by Gasteiger charge is -2.18. The SMILES string of the molecule is Cc1nc(-c2cccnc2)sc1-c1ccc2c(n1)/C(=N/N)CCO2. The number of nitrogens with two attached hydrogens (primary N) is 1. The molecule has 1 aliphatic rings. The van der Waals surface area contributed by atoms with Crippen molar-refractivity contribution in [1.29, 1.82) is 0 Å². The van der Waals surface area contributed by atoms with Crippen LogP contribution in [-0.2, 0) is 0 Å². The first-order valence-corrected chi connectivity index (χ1v) is 8.37. The number of hydrogen-bond acceptors (Lipinski definition) is 7. The Labute approximate surface area is 143 Å². The summed E-state index contributed by atoms with van der Waals surface area (Å²) in [6.07, 6.45) is 4.24. The van der Waals surface area contributed by atoms with Crippen molar-refractivity contribution >= 4 is 17.0 Å². The molecular weight excluding hydrogens is 322 g/mol. The number of aromatic nitrogens is 3. The molecule has 0 unspecified atom stereocenters. The van der Waals surface area contributed by atoms with Gasteiger partial charge in [-0.3, -0.25) is 4.98 Å². The van der Waals surface area contributed by atoms with Crippen LogP contribution in [0.4, 0.5) is 0 Å². The van der Waals surface area contributed by atoms with Gasteiger partial charge in [-0.1, -0.05) is 0 Å². The van der Waals surface area contributed by atoms with Crippen LogP contribution >= 0.6 is 11.3 Å². The summed E-state index contributed by atoms with van der Waals surface area (Å²) in [5, 5.41) is 4.78. The van der Waals surface area contributed by atoms with Gasteiger partial charge in [0.1, 0.15) is 16.5 Å². The van der Waals surface area contributed by atoms with Crippen LogP contribution in [0.2, 0.25) is 0 Å². The predicted octanol–water partition coefficient (Wildman–Crippen LogP) is 3.02. The van der Waals surface area contributed by atoms with Crippen molar-refractivity contribution in [1.82, 2.24) is 15.0 Å². The molecule has 0 bridgehead atoms. The second kappa shape index (κ2) is 6.01. The topological polar surface area (TPSA) is 86.3 Å². The van der Waals surface area contributed by atoms with Gasteiger partial charge in [-0.15, -0.1) is 11.3 Å². The quantitative estimate of drug-likeness (QED) is 0.574. The van der Waals surface area contributed by atoms with Crippen LogP contribution in [0.3, 0.4) is 0 Å². The highest BCUT2D eigenvalue weighted by molar-refractivity contribution is 7.18. The third kappa shape index (κ3) is 2.52. The number of pyridine rings is 2. The van der Waals surface area contributed by atoms with E-state index >= 15 is 0 Å². The molecule has 3 aromatic heterocycles. The van der Waals surface area contributed by atoms with Crippen molar-refractivity contribution in [3.63, 3.8) is 0 Å². The number of aryl methyl sites for hydroxylation is 1. The maximum atomic E-state index is 5.63. The average molecular weight is 337 g/mol. The minimum atomic E-state index is 0.578. The Kier molecular flexibility index (Phi) is 3.70. The van der Waals surface area contributed by atoms with E-state index < -0.39 is 0 Å². The highest BCUT2D eigenvalue weighted by Crippen LogP contribution is 2.35. The van der Waals surface area contributed by atoms with E-state index in [0.717, 1.165) is 44.0 Å². The fraction of sp³-hybridized carbons (Fsp3) is 0.176. The monoisotopic (exact) mass is 337 g/mol. The van der Waals surface area contributed by atoms with Crippen molar-refractivity contribution in [2.75, 3.05) is 6.61 Å². The first-order chi connectivity index (χ1) is 11.8. The smallest absolute Gasteiger partial charge is 0.146 e. The molecule has 0 radical (unpaired) electrons. The number of fused-ring (bicyclic) bond motifs is 1. The average Bonchev–Trinajstić information content (AvgIpc) is 3.03. The Balaban J connectivity index is 1.79. The van der Waals surface area contributed by atoms with Crippen LogP contribution in [-0.4, -0.2) is 27.3 Å². The zero-order valence-corrected chi connectivity index (χ0v) is 13.9. The second-order valence-electron chi connectivity index (χ2n) is 5.39. The molecule has 1 aliphatic heterocycles. The molecule has 0 amide bonds. The van der Waals surface area contributed by atoms with Crippen LogP contribution in [0.1, 0.15) is 17.8 Å². The summed E-state index contributed by atoms with van der Waals surface area (Å²) < 4.78 is 5.63. The summed E-state index contributed by atoms with van der Waals surface area (Å²) in [6.45, 7) is 2.57. The van der Waals surface area contributed by atoms with E-state index in [1.807, 2.05) is 37.4 Å². The molecule has 120 valence electrons. The molecule has 0 aliphatic carbocycles. The molecular formula is C17H15N5OS. The van der Waals surface area contributed by atoms with E-state index in [2.05, 4.69) is 15.1 Å². The first kappa shape index (κ1) is 14.8. The minimum absolute atomic E-state index is 0.578. The molecule has 0 aromatic carbocycles. The van der Waals surface area contributed by atoms with Crippen LogP contribution in [0.25, 0.3) is 21.1 Å². The molecule has 3 aromatic rings. The van der Waals surface area contributed by atoms with E-state index in [4.69, 9.17) is 15.6 Å². The highest BCUT2D eigenvalue weighted by Gasteiger charge is 2.21. The predicted molar refractivity (Wildman–Crippen MR) is 94.1 cm³/mol. The fourth-order valence-corrected chi connectivity index (χ4v) is 3.67. The lowest BCUT2D eigenvalue weighted by Crippen LogP contribution is -2.19. The van der Waals surface area contributed by atoms with Gasteiger partial charge >= 0.3 is 0 Å². The Morgan fingerprint density at radius 1 is 1.25 bits per heavy atom. The molecule has 0 spiro atoms. The largest absolute Gasteiger partial charge is 0.491 e. The van der Waals surface area contributed by atoms with Crippen molar-refractivity contribution in [2.24, 2.45) is 10.9 Å². The molecule has 0 saturated heterocycles. The van der Waals surface area contributed by atoms with Crippen molar-refractivity contribution in [2.45, 2.75) is 13.3 Å². The number of nitrogens with zero attached hydrogens (tertiary/aromatic N) is 4. The summed E-state index contributed by atoms with van der Waals surface area (Å²) in [6, 6.07) is 7.78. The molecule has 6 nitrogen and oxygen atoms in total. The maximum Gasteiger partial charge on any atom is 0.146 e. The summed E-state index contributed by atoms with van der Waals surface area (Å²) in [5.41, 5.74) is 4.28. The molecule has 0 atom stereocenters. The number of hydrazone groups is 1. The van der Waals surface area contributed by atoms with Crippen molar-refractivity contribution in [3.05, 3.63) is 48.0 Å². The molecule has 24 heavy (non-hydrogen) atoms. The highest BCUT2D eigenvalue weighted by atomic mass is 32.1. The number of ether oxygens (including phenoxy) is 1. The molecule has 7 heteroatoms. The first-order valence-electron chi connectivity index (χ1n) is 7.55. The van der Waals surface area contributed by atoms with Crippen molar-refractivity contribution in [3.8, 4) is 26.9 Å². The Morgan fingerprint density at radius 3 is 2.96 bits per heavy atom. The summed E-state index contributed by atoms with van der Waals surface area (Å²) >= 11 is 1.60. The Hall–Kier alpha value is -2.80. The standard InChI is InChI=1S/C17H15N5OS/c1-10-16(24-17(20-10)11-3-2-7-19-9-11)13-4-5-14-15(21-13)12(22-18)6-8-23-14/h2-5,7,9H,6,8,18H2,1H3/b22-12+. The lowest BCUT2D eigenvalue weighted by molar-refractivity contribution is 0.318. The van der Waals surface area contributed by atoms with Gasteiger partial charge in [-0.25, -0.2) is 9.97 Å². The minimum Gasteiger partial charge on any atom is -0.491 e. The van der Waals surface area contributed by atoms with Gasteiger partial charge in [0.25, 0.3) is 0 Å². The third-order valence-corrected chi connectivity index (χ3v) is 5.05. The lowest BCUT2D eigenvalue weighted by atomic mass is 10.1. The van der Waals surface area contributed by atoms with E-state index in [1.54, 1.807) is 17.5 Å². The third-order valence-electron chi connectivity index (χ3n) is 3.82. The van der Waals surface area contributed by atoms with Crippen LogP contribution in [0, 0.1) is 6.92 Å². The molecule has 0 saturated carbocycles. The number of rotatable bonds is 2. The van der Waals surface area contributed by atoms with Gasteiger partial charge < -0.3 is 10.6 Å². The summed E-state index contributed by atoms with van der Waals surface area (Å²) in [7, 11) is 0. The van der Waals surface area contributed by atoms with Crippen molar-refractivity contribution < 1.29 is 4.74 Å². The van der Waals surface area contributed by atoms with Gasteiger partial charge in [-0.05, 0) is 31.2 Å². The van der Waals surface area contributed by atoms with E-state index in [9.17, 15) is 0 Å². The van der Waals surface area contributed by atoms with Crippen LogP contribution < -0.4 is 10.6 Å². The number of thiazole rings is 1. The van der Waals surface area contributed by atoms with Crippen LogP contribution in [0.5, 0.6) is 5.75 Å². The molecule has 4 rings (SSSR count). The van der Waals surface area contributed by atoms with Gasteiger partial charge in [0.15, 0.2) is 0 Å². The Bertz CT molecular complexity index is 920.